The molecule has 0 bridgehead atoms. The Hall–Kier alpha value is -1.66. The summed E-state index contributed by atoms with van der Waals surface area (Å²) in [6.45, 7) is 1.87. The molecule has 2 N–H and O–H groups in total. The Morgan fingerprint density at radius 2 is 2.26 bits per heavy atom. The van der Waals surface area contributed by atoms with Crippen LogP contribution in [0.3, 0.4) is 0 Å². The summed E-state index contributed by atoms with van der Waals surface area (Å²) in [4.78, 5) is 21.9. The fourth-order valence-electron chi connectivity index (χ4n) is 1.60. The highest BCUT2D eigenvalue weighted by Gasteiger charge is 2.17. The molecule has 1 rings (SSSR count). The zero-order valence-corrected chi connectivity index (χ0v) is 11.2. The van der Waals surface area contributed by atoms with Crippen molar-refractivity contribution >= 4 is 23.2 Å². The maximum absolute atomic E-state index is 11.9. The van der Waals surface area contributed by atoms with Crippen molar-refractivity contribution in [2.24, 2.45) is 0 Å². The summed E-state index contributed by atoms with van der Waals surface area (Å²) >= 11 is 5.86. The van der Waals surface area contributed by atoms with Gasteiger partial charge in [0.15, 0.2) is 0 Å². The predicted octanol–water partition coefficient (Wildman–Crippen LogP) is 2.14. The number of carbonyl (C=O) groups excluding carboxylic acids is 1. The maximum Gasteiger partial charge on any atom is 0.270 e. The van der Waals surface area contributed by atoms with Gasteiger partial charge in [-0.05, 0) is 18.9 Å². The van der Waals surface area contributed by atoms with Crippen molar-refractivity contribution in [1.82, 2.24) is 5.32 Å². The fourth-order valence-corrected chi connectivity index (χ4v) is 1.86. The Balaban J connectivity index is 2.85. The van der Waals surface area contributed by atoms with E-state index in [2.05, 4.69) is 5.32 Å². The molecule has 0 aliphatic heterocycles. The van der Waals surface area contributed by atoms with Crippen LogP contribution >= 0.6 is 11.6 Å². The number of nitro groups is 1. The number of aliphatic hydroxyl groups excluding tert-OH is 1. The van der Waals surface area contributed by atoms with Crippen LogP contribution in [-0.4, -0.2) is 28.6 Å². The summed E-state index contributed by atoms with van der Waals surface area (Å²) in [5.41, 5.74) is 0.0209. The van der Waals surface area contributed by atoms with E-state index in [0.29, 0.717) is 12.8 Å². The van der Waals surface area contributed by atoms with E-state index in [4.69, 9.17) is 16.7 Å². The number of non-ortho nitro benzene ring substituents is 1. The fraction of sp³-hybridized carbons (Fsp3) is 0.417. The molecule has 1 aromatic carbocycles. The van der Waals surface area contributed by atoms with Gasteiger partial charge < -0.3 is 10.4 Å². The summed E-state index contributed by atoms with van der Waals surface area (Å²) in [7, 11) is 0. The molecule has 6 nitrogen and oxygen atoms in total. The van der Waals surface area contributed by atoms with Gasteiger partial charge in [-0.15, -0.1) is 0 Å². The molecule has 7 heteroatoms. The highest BCUT2D eigenvalue weighted by Crippen LogP contribution is 2.22. The number of benzene rings is 1. The topological polar surface area (TPSA) is 92.5 Å². The van der Waals surface area contributed by atoms with Crippen molar-refractivity contribution < 1.29 is 14.8 Å². The van der Waals surface area contributed by atoms with Gasteiger partial charge in [0, 0.05) is 24.8 Å². The summed E-state index contributed by atoms with van der Waals surface area (Å²) in [6, 6.07) is 3.54. The molecule has 0 heterocycles. The summed E-state index contributed by atoms with van der Waals surface area (Å²) < 4.78 is 0. The lowest BCUT2D eigenvalue weighted by atomic mass is 10.1. The number of nitro benzene ring substituents is 1. The van der Waals surface area contributed by atoms with Gasteiger partial charge in [-0.25, -0.2) is 0 Å². The standard InChI is InChI=1S/C12H15ClN2O4/c1-2-8(5-6-16)14-12(17)10-4-3-9(15(18)19)7-11(10)13/h3-4,7-8,16H,2,5-6H2,1H3,(H,14,17). The number of halogens is 1. The van der Waals surface area contributed by atoms with Crippen LogP contribution in [0.4, 0.5) is 5.69 Å². The van der Waals surface area contributed by atoms with Crippen molar-refractivity contribution in [2.45, 2.75) is 25.8 Å². The van der Waals surface area contributed by atoms with Gasteiger partial charge in [0.2, 0.25) is 0 Å². The van der Waals surface area contributed by atoms with E-state index in [1.165, 1.54) is 12.1 Å². The van der Waals surface area contributed by atoms with Crippen molar-refractivity contribution in [3.8, 4) is 0 Å². The molecule has 1 atom stereocenters. The highest BCUT2D eigenvalue weighted by atomic mass is 35.5. The van der Waals surface area contributed by atoms with Gasteiger partial charge in [-0.3, -0.25) is 14.9 Å². The monoisotopic (exact) mass is 286 g/mol. The van der Waals surface area contributed by atoms with Crippen LogP contribution in [0.1, 0.15) is 30.1 Å². The molecule has 19 heavy (non-hydrogen) atoms. The normalized spacial score (nSPS) is 11.9. The molecule has 1 aromatic rings. The van der Waals surface area contributed by atoms with Crippen LogP contribution in [0, 0.1) is 10.1 Å². The molecule has 1 unspecified atom stereocenters. The van der Waals surface area contributed by atoms with Gasteiger partial charge in [-0.2, -0.15) is 0 Å². The molecule has 0 spiro atoms. The third-order valence-corrected chi connectivity index (χ3v) is 3.03. The third-order valence-electron chi connectivity index (χ3n) is 2.71. The van der Waals surface area contributed by atoms with Crippen LogP contribution < -0.4 is 5.32 Å². The number of nitrogens with one attached hydrogen (secondary N) is 1. The lowest BCUT2D eigenvalue weighted by molar-refractivity contribution is -0.384. The Bertz CT molecular complexity index is 479. The first-order chi connectivity index (χ1) is 8.99. The zero-order chi connectivity index (χ0) is 14.4. The number of hydrogen-bond donors (Lipinski definition) is 2. The Morgan fingerprint density at radius 1 is 1.58 bits per heavy atom. The van der Waals surface area contributed by atoms with Crippen molar-refractivity contribution in [3.05, 3.63) is 38.9 Å². The Labute approximate surface area is 115 Å². The quantitative estimate of drug-likeness (QED) is 0.619. The SMILES string of the molecule is CCC(CCO)NC(=O)c1ccc([N+](=O)[O-])cc1Cl. The molecule has 0 fully saturated rings. The number of aliphatic hydroxyl groups is 1. The minimum absolute atomic E-state index is 0.0211. The van der Waals surface area contributed by atoms with Crippen LogP contribution in [0.15, 0.2) is 18.2 Å². The lowest BCUT2D eigenvalue weighted by Gasteiger charge is -2.16. The molecule has 0 aromatic heterocycles. The van der Waals surface area contributed by atoms with E-state index >= 15 is 0 Å². The second kappa shape index (κ2) is 7.06. The van der Waals surface area contributed by atoms with Crippen LogP contribution in [0.5, 0.6) is 0 Å². The Morgan fingerprint density at radius 3 is 2.74 bits per heavy atom. The second-order valence-electron chi connectivity index (χ2n) is 4.01. The van der Waals surface area contributed by atoms with Gasteiger partial charge in [0.25, 0.3) is 11.6 Å². The van der Waals surface area contributed by atoms with Crippen LogP contribution in [0.25, 0.3) is 0 Å². The molecule has 0 saturated carbocycles. The van der Waals surface area contributed by atoms with E-state index in [0.717, 1.165) is 6.07 Å². The largest absolute Gasteiger partial charge is 0.396 e. The van der Waals surface area contributed by atoms with Gasteiger partial charge >= 0.3 is 0 Å². The number of amides is 1. The first-order valence-electron chi connectivity index (χ1n) is 5.85. The molecule has 0 saturated heterocycles. The molecule has 0 aliphatic rings. The van der Waals surface area contributed by atoms with E-state index in [1.807, 2.05) is 6.92 Å². The predicted molar refractivity (Wildman–Crippen MR) is 71.4 cm³/mol. The zero-order valence-electron chi connectivity index (χ0n) is 10.4. The van der Waals surface area contributed by atoms with Gasteiger partial charge in [0.1, 0.15) is 0 Å². The molecular weight excluding hydrogens is 272 g/mol. The van der Waals surface area contributed by atoms with Crippen molar-refractivity contribution in [1.29, 1.82) is 0 Å². The molecule has 104 valence electrons. The van der Waals surface area contributed by atoms with E-state index in [-0.39, 0.29) is 28.9 Å². The third kappa shape index (κ3) is 4.18. The van der Waals surface area contributed by atoms with E-state index in [9.17, 15) is 14.9 Å². The summed E-state index contributed by atoms with van der Waals surface area (Å²) in [6.07, 6.45) is 1.13. The lowest BCUT2D eigenvalue weighted by Crippen LogP contribution is -2.35. The number of carbonyl (C=O) groups is 1. The van der Waals surface area contributed by atoms with Crippen LogP contribution in [0.2, 0.25) is 5.02 Å². The molecule has 1 amide bonds. The van der Waals surface area contributed by atoms with Gasteiger partial charge in [-0.1, -0.05) is 18.5 Å². The number of rotatable bonds is 6. The molecular formula is C12H15ClN2O4. The molecule has 0 radical (unpaired) electrons. The first-order valence-corrected chi connectivity index (χ1v) is 6.23. The average Bonchev–Trinajstić information content (AvgIpc) is 2.37. The summed E-state index contributed by atoms with van der Waals surface area (Å²) in [5.74, 6) is -0.403. The first kappa shape index (κ1) is 15.4. The maximum atomic E-state index is 11.9. The number of hydrogen-bond acceptors (Lipinski definition) is 4. The van der Waals surface area contributed by atoms with Gasteiger partial charge in [0.05, 0.1) is 15.5 Å². The average molecular weight is 287 g/mol. The molecule has 0 aliphatic carbocycles. The van der Waals surface area contributed by atoms with E-state index < -0.39 is 10.8 Å². The Kier molecular flexibility index (Phi) is 5.72. The van der Waals surface area contributed by atoms with Crippen molar-refractivity contribution in [3.63, 3.8) is 0 Å². The highest BCUT2D eigenvalue weighted by molar-refractivity contribution is 6.34. The minimum atomic E-state index is -0.575. The van der Waals surface area contributed by atoms with Crippen molar-refractivity contribution in [2.75, 3.05) is 6.61 Å². The second-order valence-corrected chi connectivity index (χ2v) is 4.42. The minimum Gasteiger partial charge on any atom is -0.396 e. The summed E-state index contributed by atoms with van der Waals surface area (Å²) in [5, 5.41) is 22.2. The number of nitrogens with zero attached hydrogens (tertiary/aromatic N) is 1. The van der Waals surface area contributed by atoms with Crippen LogP contribution in [-0.2, 0) is 0 Å². The van der Waals surface area contributed by atoms with E-state index in [1.54, 1.807) is 0 Å². The smallest absolute Gasteiger partial charge is 0.270 e.